The summed E-state index contributed by atoms with van der Waals surface area (Å²) in [6, 6.07) is 0.244. The van der Waals surface area contributed by atoms with E-state index in [2.05, 4.69) is 36.3 Å². The molecule has 1 amide bonds. The highest BCUT2D eigenvalue weighted by Gasteiger charge is 2.18. The summed E-state index contributed by atoms with van der Waals surface area (Å²) in [6.45, 7) is 11.6. The first kappa shape index (κ1) is 15.4. The Hall–Kier alpha value is -0.610. The highest BCUT2D eigenvalue weighted by atomic mass is 16.1. The topological polar surface area (TPSA) is 44.4 Å². The van der Waals surface area contributed by atoms with Crippen LogP contribution in [0.25, 0.3) is 0 Å². The van der Waals surface area contributed by atoms with Gasteiger partial charge in [-0.2, -0.15) is 0 Å². The number of likely N-dealkylation sites (N-methyl/N-ethyl adjacent to an activating group) is 1. The maximum absolute atomic E-state index is 11.9. The average Bonchev–Trinajstić information content (AvgIpc) is 2.36. The van der Waals surface area contributed by atoms with Crippen LogP contribution in [0.5, 0.6) is 0 Å². The molecule has 4 nitrogen and oxygen atoms in total. The molecule has 1 rings (SSSR count). The standard InChI is InChI=1S/C14H29N3O/c1-4-17(5-2)11-12(3)16-14(18)9-13-7-6-8-15-10-13/h12-13,15H,4-11H2,1-3H3,(H,16,18). The summed E-state index contributed by atoms with van der Waals surface area (Å²) in [5.74, 6) is 0.739. The number of hydrogen-bond acceptors (Lipinski definition) is 3. The summed E-state index contributed by atoms with van der Waals surface area (Å²) in [7, 11) is 0. The Balaban J connectivity index is 2.21. The molecule has 0 aromatic carbocycles. The molecular formula is C14H29N3O. The Bertz CT molecular complexity index is 235. The summed E-state index contributed by atoms with van der Waals surface area (Å²) < 4.78 is 0. The van der Waals surface area contributed by atoms with Crippen molar-refractivity contribution in [3.8, 4) is 0 Å². The molecule has 106 valence electrons. The molecule has 0 aliphatic carbocycles. The Labute approximate surface area is 111 Å². The van der Waals surface area contributed by atoms with E-state index in [9.17, 15) is 4.79 Å². The van der Waals surface area contributed by atoms with E-state index in [0.717, 1.165) is 32.7 Å². The first-order valence-electron chi connectivity index (χ1n) is 7.38. The van der Waals surface area contributed by atoms with E-state index >= 15 is 0 Å². The Morgan fingerprint density at radius 1 is 1.44 bits per heavy atom. The number of carbonyl (C=O) groups excluding carboxylic acids is 1. The van der Waals surface area contributed by atoms with Crippen LogP contribution >= 0.6 is 0 Å². The largest absolute Gasteiger partial charge is 0.352 e. The van der Waals surface area contributed by atoms with Gasteiger partial charge in [-0.25, -0.2) is 0 Å². The van der Waals surface area contributed by atoms with E-state index in [1.54, 1.807) is 0 Å². The minimum Gasteiger partial charge on any atom is -0.352 e. The molecule has 1 heterocycles. The van der Waals surface area contributed by atoms with E-state index in [0.29, 0.717) is 12.3 Å². The molecule has 1 saturated heterocycles. The van der Waals surface area contributed by atoms with Crippen molar-refractivity contribution in [1.29, 1.82) is 0 Å². The number of carbonyl (C=O) groups is 1. The van der Waals surface area contributed by atoms with Crippen LogP contribution in [0.1, 0.15) is 40.0 Å². The van der Waals surface area contributed by atoms with Crippen molar-refractivity contribution < 1.29 is 4.79 Å². The van der Waals surface area contributed by atoms with Gasteiger partial charge in [0.25, 0.3) is 0 Å². The molecule has 0 aromatic rings. The van der Waals surface area contributed by atoms with Crippen molar-refractivity contribution in [2.24, 2.45) is 5.92 Å². The van der Waals surface area contributed by atoms with E-state index in [-0.39, 0.29) is 11.9 Å². The van der Waals surface area contributed by atoms with Crippen LogP contribution in [0.3, 0.4) is 0 Å². The normalized spacial score (nSPS) is 21.9. The number of nitrogens with one attached hydrogen (secondary N) is 2. The third-order valence-electron chi connectivity index (χ3n) is 3.71. The molecular weight excluding hydrogens is 226 g/mol. The summed E-state index contributed by atoms with van der Waals surface area (Å²) in [5.41, 5.74) is 0. The number of piperidine rings is 1. The minimum atomic E-state index is 0.211. The van der Waals surface area contributed by atoms with Gasteiger partial charge in [-0.3, -0.25) is 4.79 Å². The third-order valence-corrected chi connectivity index (χ3v) is 3.71. The number of rotatable bonds is 7. The predicted molar refractivity (Wildman–Crippen MR) is 75.6 cm³/mol. The van der Waals surface area contributed by atoms with Crippen LogP contribution in [0, 0.1) is 5.92 Å². The fourth-order valence-electron chi connectivity index (χ4n) is 2.61. The smallest absolute Gasteiger partial charge is 0.220 e. The fraction of sp³-hybridized carbons (Fsp3) is 0.929. The SMILES string of the molecule is CCN(CC)CC(C)NC(=O)CC1CCCNC1. The third kappa shape index (κ3) is 5.83. The van der Waals surface area contributed by atoms with Crippen LogP contribution in [0.15, 0.2) is 0 Å². The molecule has 0 radical (unpaired) electrons. The van der Waals surface area contributed by atoms with Gasteiger partial charge in [0, 0.05) is 19.0 Å². The molecule has 18 heavy (non-hydrogen) atoms. The zero-order chi connectivity index (χ0) is 13.4. The van der Waals surface area contributed by atoms with Crippen molar-refractivity contribution in [3.63, 3.8) is 0 Å². The molecule has 0 bridgehead atoms. The summed E-state index contributed by atoms with van der Waals surface area (Å²) in [5, 5.41) is 6.47. The monoisotopic (exact) mass is 255 g/mol. The van der Waals surface area contributed by atoms with Gasteiger partial charge in [-0.15, -0.1) is 0 Å². The lowest BCUT2D eigenvalue weighted by Gasteiger charge is -2.25. The van der Waals surface area contributed by atoms with Crippen LogP contribution in [0.4, 0.5) is 0 Å². The van der Waals surface area contributed by atoms with Crippen molar-refractivity contribution in [2.45, 2.75) is 46.1 Å². The number of hydrogen-bond donors (Lipinski definition) is 2. The van der Waals surface area contributed by atoms with Gasteiger partial charge in [0.15, 0.2) is 0 Å². The molecule has 4 heteroatoms. The molecule has 2 atom stereocenters. The van der Waals surface area contributed by atoms with E-state index < -0.39 is 0 Å². The maximum Gasteiger partial charge on any atom is 0.220 e. The van der Waals surface area contributed by atoms with Crippen molar-refractivity contribution in [1.82, 2.24) is 15.5 Å². The lowest BCUT2D eigenvalue weighted by molar-refractivity contribution is -0.122. The van der Waals surface area contributed by atoms with Gasteiger partial charge in [-0.1, -0.05) is 13.8 Å². The second kappa shape index (κ2) is 8.48. The Morgan fingerprint density at radius 2 is 2.17 bits per heavy atom. The van der Waals surface area contributed by atoms with Crippen LogP contribution < -0.4 is 10.6 Å². The Kier molecular flexibility index (Phi) is 7.28. The zero-order valence-corrected chi connectivity index (χ0v) is 12.2. The highest BCUT2D eigenvalue weighted by molar-refractivity contribution is 5.76. The van der Waals surface area contributed by atoms with Gasteiger partial charge in [0.1, 0.15) is 0 Å². The van der Waals surface area contributed by atoms with E-state index in [1.807, 2.05) is 0 Å². The van der Waals surface area contributed by atoms with Crippen LogP contribution in [-0.2, 0) is 4.79 Å². The van der Waals surface area contributed by atoms with Crippen LogP contribution in [-0.4, -0.2) is 49.6 Å². The van der Waals surface area contributed by atoms with Crippen LogP contribution in [0.2, 0.25) is 0 Å². The number of nitrogens with zero attached hydrogens (tertiary/aromatic N) is 1. The highest BCUT2D eigenvalue weighted by Crippen LogP contribution is 2.13. The summed E-state index contributed by atoms with van der Waals surface area (Å²) in [4.78, 5) is 14.3. The van der Waals surface area contributed by atoms with Crippen molar-refractivity contribution in [2.75, 3.05) is 32.7 Å². The van der Waals surface area contributed by atoms with Crippen molar-refractivity contribution in [3.05, 3.63) is 0 Å². The lowest BCUT2D eigenvalue weighted by Crippen LogP contribution is -2.43. The molecule has 1 aliphatic rings. The van der Waals surface area contributed by atoms with E-state index in [1.165, 1.54) is 12.8 Å². The number of amides is 1. The maximum atomic E-state index is 11.9. The van der Waals surface area contributed by atoms with Gasteiger partial charge >= 0.3 is 0 Å². The average molecular weight is 255 g/mol. The molecule has 0 spiro atoms. The van der Waals surface area contributed by atoms with Gasteiger partial charge in [0.2, 0.25) is 5.91 Å². The Morgan fingerprint density at radius 3 is 2.72 bits per heavy atom. The van der Waals surface area contributed by atoms with Gasteiger partial charge < -0.3 is 15.5 Å². The van der Waals surface area contributed by atoms with Gasteiger partial charge in [0.05, 0.1) is 0 Å². The molecule has 1 aliphatic heterocycles. The minimum absolute atomic E-state index is 0.211. The molecule has 0 aromatic heterocycles. The molecule has 1 fully saturated rings. The zero-order valence-electron chi connectivity index (χ0n) is 12.2. The molecule has 2 unspecified atom stereocenters. The molecule has 0 saturated carbocycles. The first-order chi connectivity index (χ1) is 8.65. The summed E-state index contributed by atoms with van der Waals surface area (Å²) in [6.07, 6.45) is 3.06. The second-order valence-electron chi connectivity index (χ2n) is 5.37. The predicted octanol–water partition coefficient (Wildman–Crippen LogP) is 1.22. The molecule has 2 N–H and O–H groups in total. The fourth-order valence-corrected chi connectivity index (χ4v) is 2.61. The summed E-state index contributed by atoms with van der Waals surface area (Å²) >= 11 is 0. The second-order valence-corrected chi connectivity index (χ2v) is 5.37. The van der Waals surface area contributed by atoms with Crippen molar-refractivity contribution >= 4 is 5.91 Å². The quantitative estimate of drug-likeness (QED) is 0.719. The van der Waals surface area contributed by atoms with E-state index in [4.69, 9.17) is 0 Å². The lowest BCUT2D eigenvalue weighted by atomic mass is 9.96. The van der Waals surface area contributed by atoms with Gasteiger partial charge in [-0.05, 0) is 51.9 Å². The first-order valence-corrected chi connectivity index (χ1v) is 7.38.